The second-order valence-corrected chi connectivity index (χ2v) is 6.62. The third-order valence-electron chi connectivity index (χ3n) is 4.17. The highest BCUT2D eigenvalue weighted by Crippen LogP contribution is 2.31. The Hall–Kier alpha value is -2.11. The van der Waals surface area contributed by atoms with Gasteiger partial charge in [0.1, 0.15) is 5.82 Å². The summed E-state index contributed by atoms with van der Waals surface area (Å²) in [6.45, 7) is 3.50. The number of aryl methyl sites for hydroxylation is 1. The lowest BCUT2D eigenvalue weighted by Gasteiger charge is -2.28. The number of rotatable bonds is 2. The maximum absolute atomic E-state index is 6.12. The fourth-order valence-corrected chi connectivity index (χ4v) is 3.45. The lowest BCUT2D eigenvalue weighted by Crippen LogP contribution is -2.31. The van der Waals surface area contributed by atoms with E-state index in [1.54, 1.807) is 0 Å². The van der Waals surface area contributed by atoms with Crippen molar-refractivity contribution in [1.82, 2.24) is 20.2 Å². The Morgan fingerprint density at radius 2 is 2.04 bits per heavy atom. The molecule has 24 heavy (non-hydrogen) atoms. The number of nitrogens with zero attached hydrogens (tertiary/aromatic N) is 4. The van der Waals surface area contributed by atoms with E-state index in [9.17, 15) is 0 Å². The predicted molar refractivity (Wildman–Crippen MR) is 95.6 cm³/mol. The lowest BCUT2D eigenvalue weighted by molar-refractivity contribution is 0.709. The molecule has 0 bridgehead atoms. The van der Waals surface area contributed by atoms with Crippen LogP contribution in [0.3, 0.4) is 0 Å². The van der Waals surface area contributed by atoms with Crippen LogP contribution in [0.25, 0.3) is 11.3 Å². The summed E-state index contributed by atoms with van der Waals surface area (Å²) in [6.07, 6.45) is 0.879. The van der Waals surface area contributed by atoms with Gasteiger partial charge in [-0.15, -0.1) is 0 Å². The van der Waals surface area contributed by atoms with Gasteiger partial charge in [-0.25, -0.2) is 9.97 Å². The molecule has 0 saturated carbocycles. The van der Waals surface area contributed by atoms with E-state index in [2.05, 4.69) is 25.1 Å². The van der Waals surface area contributed by atoms with Crippen LogP contribution in [0.4, 0.5) is 5.82 Å². The third kappa shape index (κ3) is 2.85. The van der Waals surface area contributed by atoms with Crippen molar-refractivity contribution in [1.29, 1.82) is 0 Å². The molecule has 122 valence electrons. The molecule has 1 aromatic carbocycles. The zero-order chi connectivity index (χ0) is 16.7. The Bertz CT molecular complexity index is 885. The highest BCUT2D eigenvalue weighted by molar-refractivity contribution is 6.30. The average molecular weight is 360 g/mol. The second-order valence-electron chi connectivity index (χ2n) is 5.85. The molecular formula is C17H15Cl2N5. The van der Waals surface area contributed by atoms with E-state index in [4.69, 9.17) is 23.2 Å². The quantitative estimate of drug-likeness (QED) is 0.701. The van der Waals surface area contributed by atoms with Crippen molar-refractivity contribution in [3.05, 3.63) is 57.6 Å². The molecule has 1 aliphatic rings. The summed E-state index contributed by atoms with van der Waals surface area (Å²) in [4.78, 5) is 10.7. The van der Waals surface area contributed by atoms with Crippen LogP contribution in [0, 0.1) is 6.92 Å². The Kier molecular flexibility index (Phi) is 3.90. The minimum Gasteiger partial charge on any atom is -0.352 e. The fourth-order valence-electron chi connectivity index (χ4n) is 3.04. The first-order valence-corrected chi connectivity index (χ1v) is 8.44. The van der Waals surface area contributed by atoms with Crippen molar-refractivity contribution >= 4 is 29.0 Å². The molecule has 1 N–H and O–H groups in total. The summed E-state index contributed by atoms with van der Waals surface area (Å²) in [6, 6.07) is 9.71. The number of aromatic amines is 1. The number of aromatic nitrogens is 4. The molecule has 0 unspecified atom stereocenters. The molecule has 0 saturated heterocycles. The van der Waals surface area contributed by atoms with Gasteiger partial charge in [-0.1, -0.05) is 23.7 Å². The monoisotopic (exact) mass is 359 g/mol. The van der Waals surface area contributed by atoms with Crippen molar-refractivity contribution < 1.29 is 0 Å². The van der Waals surface area contributed by atoms with Crippen molar-refractivity contribution in [2.24, 2.45) is 0 Å². The maximum Gasteiger partial charge on any atom is 0.224 e. The number of hydrogen-bond donors (Lipinski definition) is 1. The number of benzene rings is 1. The van der Waals surface area contributed by atoms with Gasteiger partial charge in [0.2, 0.25) is 5.28 Å². The van der Waals surface area contributed by atoms with E-state index in [-0.39, 0.29) is 5.28 Å². The number of anilines is 1. The van der Waals surface area contributed by atoms with Gasteiger partial charge in [-0.05, 0) is 30.7 Å². The van der Waals surface area contributed by atoms with Crippen LogP contribution in [0.5, 0.6) is 0 Å². The number of fused-ring (bicyclic) bond motifs is 1. The molecule has 4 rings (SSSR count). The molecular weight excluding hydrogens is 345 g/mol. The molecule has 3 heterocycles. The van der Waals surface area contributed by atoms with E-state index in [0.29, 0.717) is 5.02 Å². The molecule has 0 fully saturated rings. The van der Waals surface area contributed by atoms with Gasteiger partial charge in [0, 0.05) is 53.1 Å². The summed E-state index contributed by atoms with van der Waals surface area (Å²) in [7, 11) is 0. The van der Waals surface area contributed by atoms with Gasteiger partial charge < -0.3 is 4.90 Å². The molecule has 5 nitrogen and oxygen atoms in total. The van der Waals surface area contributed by atoms with Crippen LogP contribution in [-0.2, 0) is 13.0 Å². The van der Waals surface area contributed by atoms with Gasteiger partial charge in [-0.2, -0.15) is 5.10 Å². The standard InChI is InChI=1S/C17H15Cl2N5/c1-10-7-15(21-17(19)20-10)24-6-5-14-13(9-24)16(23-22-14)11-3-2-4-12(18)8-11/h2-4,7-8H,5-6,9H2,1H3,(H,22,23). The van der Waals surface area contributed by atoms with Gasteiger partial charge >= 0.3 is 0 Å². The van der Waals surface area contributed by atoms with E-state index in [1.165, 1.54) is 5.56 Å². The minimum atomic E-state index is 0.276. The van der Waals surface area contributed by atoms with Crippen molar-refractivity contribution in [3.63, 3.8) is 0 Å². The second kappa shape index (κ2) is 6.07. The highest BCUT2D eigenvalue weighted by Gasteiger charge is 2.24. The van der Waals surface area contributed by atoms with Crippen LogP contribution >= 0.6 is 23.2 Å². The third-order valence-corrected chi connectivity index (χ3v) is 4.57. The average Bonchev–Trinajstić information content (AvgIpc) is 2.97. The van der Waals surface area contributed by atoms with Gasteiger partial charge in [0.25, 0.3) is 0 Å². The minimum absolute atomic E-state index is 0.276. The molecule has 7 heteroatoms. The zero-order valence-corrected chi connectivity index (χ0v) is 14.6. The van der Waals surface area contributed by atoms with E-state index in [0.717, 1.165) is 48.0 Å². The molecule has 0 amide bonds. The predicted octanol–water partition coefficient (Wildman–Crippen LogP) is 4.04. The van der Waals surface area contributed by atoms with E-state index >= 15 is 0 Å². The zero-order valence-electron chi connectivity index (χ0n) is 13.1. The van der Waals surface area contributed by atoms with Crippen molar-refractivity contribution in [2.75, 3.05) is 11.4 Å². The van der Waals surface area contributed by atoms with Crippen LogP contribution in [0.2, 0.25) is 10.3 Å². The number of hydrogen-bond acceptors (Lipinski definition) is 4. The molecule has 0 radical (unpaired) electrons. The van der Waals surface area contributed by atoms with E-state index in [1.807, 2.05) is 37.3 Å². The number of nitrogens with one attached hydrogen (secondary N) is 1. The Morgan fingerprint density at radius 1 is 1.17 bits per heavy atom. The number of H-pyrrole nitrogens is 1. The fraction of sp³-hybridized carbons (Fsp3) is 0.235. The first-order valence-electron chi connectivity index (χ1n) is 7.68. The first-order chi connectivity index (χ1) is 11.6. The maximum atomic E-state index is 6.12. The topological polar surface area (TPSA) is 57.7 Å². The molecule has 0 atom stereocenters. The molecule has 2 aromatic heterocycles. The van der Waals surface area contributed by atoms with Crippen LogP contribution in [-0.4, -0.2) is 26.7 Å². The lowest BCUT2D eigenvalue weighted by atomic mass is 10.0. The summed E-state index contributed by atoms with van der Waals surface area (Å²) >= 11 is 12.1. The highest BCUT2D eigenvalue weighted by atomic mass is 35.5. The molecule has 0 aliphatic carbocycles. The van der Waals surface area contributed by atoms with Gasteiger partial charge in [0.05, 0.1) is 5.69 Å². The SMILES string of the molecule is Cc1cc(N2CCc3[nH]nc(-c4cccc(Cl)c4)c3C2)nc(Cl)n1. The Morgan fingerprint density at radius 3 is 2.83 bits per heavy atom. The summed E-state index contributed by atoms with van der Waals surface area (Å²) in [5, 5.41) is 8.64. The summed E-state index contributed by atoms with van der Waals surface area (Å²) in [5.74, 6) is 0.844. The normalized spacial score (nSPS) is 13.9. The van der Waals surface area contributed by atoms with Crippen molar-refractivity contribution in [2.45, 2.75) is 19.9 Å². The Labute approximate surface area is 149 Å². The molecule has 0 spiro atoms. The van der Waals surface area contributed by atoms with Gasteiger partial charge in [-0.3, -0.25) is 5.10 Å². The van der Waals surface area contributed by atoms with Crippen LogP contribution in [0.15, 0.2) is 30.3 Å². The summed E-state index contributed by atoms with van der Waals surface area (Å²) < 4.78 is 0. The molecule has 1 aliphatic heterocycles. The largest absolute Gasteiger partial charge is 0.352 e. The van der Waals surface area contributed by atoms with Crippen molar-refractivity contribution in [3.8, 4) is 11.3 Å². The smallest absolute Gasteiger partial charge is 0.224 e. The van der Waals surface area contributed by atoms with Gasteiger partial charge in [0.15, 0.2) is 0 Å². The first kappa shape index (κ1) is 15.4. The van der Waals surface area contributed by atoms with E-state index < -0.39 is 0 Å². The summed E-state index contributed by atoms with van der Waals surface area (Å²) in [5.41, 5.74) is 5.15. The van der Waals surface area contributed by atoms with Crippen LogP contribution in [0.1, 0.15) is 17.0 Å². The van der Waals surface area contributed by atoms with Crippen LogP contribution < -0.4 is 4.90 Å². The molecule has 3 aromatic rings. The number of halogens is 2. The Balaban J connectivity index is 1.71.